The summed E-state index contributed by atoms with van der Waals surface area (Å²) in [7, 11) is 0. The molecule has 0 aromatic rings. The molecule has 0 radical (unpaired) electrons. The molecule has 0 saturated heterocycles. The zero-order chi connectivity index (χ0) is 18.3. The highest BCUT2D eigenvalue weighted by molar-refractivity contribution is 6.44. The fraction of sp³-hybridized carbons (Fsp3) is 0.350. The highest BCUT2D eigenvalue weighted by atomic mass is 16.1. The van der Waals surface area contributed by atoms with E-state index in [1.165, 1.54) is 6.08 Å². The molecule has 0 unspecified atom stereocenters. The fourth-order valence-corrected chi connectivity index (χ4v) is 2.66. The van der Waals surface area contributed by atoms with Crippen molar-refractivity contribution < 1.29 is 14.4 Å². The zero-order valence-electron chi connectivity index (χ0n) is 15.0. The number of aldehydes is 1. The van der Waals surface area contributed by atoms with Crippen LogP contribution in [0.15, 0.2) is 58.7 Å². The van der Waals surface area contributed by atoms with Crippen molar-refractivity contribution >= 4 is 17.8 Å². The second-order valence-corrected chi connectivity index (χ2v) is 6.63. The summed E-state index contributed by atoms with van der Waals surface area (Å²) in [6.07, 6.45) is 12.3. The maximum Gasteiger partial charge on any atom is 0.339 e. The minimum absolute atomic E-state index is 0.201. The number of carbonyl (C=O) groups is 2. The van der Waals surface area contributed by atoms with Crippen LogP contribution in [0.4, 0.5) is 0 Å². The zero-order valence-corrected chi connectivity index (χ0v) is 15.0. The van der Waals surface area contributed by atoms with E-state index in [2.05, 4.69) is 4.79 Å². The maximum atomic E-state index is 12.2. The Kier molecular flexibility index (Phi) is 6.75. The lowest BCUT2D eigenvalue weighted by atomic mass is 9.71. The molecule has 0 amide bonds. The van der Waals surface area contributed by atoms with Gasteiger partial charge in [0.15, 0.2) is 0 Å². The second kappa shape index (κ2) is 8.32. The van der Waals surface area contributed by atoms with Gasteiger partial charge in [-0.15, -0.1) is 0 Å². The molecule has 24 heavy (non-hydrogen) atoms. The van der Waals surface area contributed by atoms with Crippen molar-refractivity contribution in [3.63, 3.8) is 0 Å². The van der Waals surface area contributed by atoms with E-state index in [-0.39, 0.29) is 16.9 Å². The van der Waals surface area contributed by atoms with E-state index >= 15 is 0 Å². The van der Waals surface area contributed by atoms with Crippen molar-refractivity contribution in [3.05, 3.63) is 64.3 Å². The van der Waals surface area contributed by atoms with Crippen LogP contribution in [-0.2, 0) is 9.59 Å². The van der Waals surface area contributed by atoms with Gasteiger partial charge in [-0.25, -0.2) is 0 Å². The highest BCUT2D eigenvalue weighted by Gasteiger charge is 2.39. The lowest BCUT2D eigenvalue weighted by molar-refractivity contribution is -0.115. The van der Waals surface area contributed by atoms with Crippen LogP contribution in [0.5, 0.6) is 0 Å². The van der Waals surface area contributed by atoms with Gasteiger partial charge in [-0.2, -0.15) is 4.79 Å². The Morgan fingerprint density at radius 3 is 2.38 bits per heavy atom. The van der Waals surface area contributed by atoms with Crippen LogP contribution in [-0.4, -0.2) is 22.6 Å². The first kappa shape index (κ1) is 19.5. The summed E-state index contributed by atoms with van der Waals surface area (Å²) < 4.78 is 0. The molecule has 126 valence electrons. The van der Waals surface area contributed by atoms with Crippen molar-refractivity contribution in [2.45, 2.75) is 41.0 Å². The Labute approximate surface area is 143 Å². The van der Waals surface area contributed by atoms with Gasteiger partial charge in [0.25, 0.3) is 5.78 Å². The molecular weight excluding hydrogens is 300 g/mol. The molecule has 1 aliphatic carbocycles. The summed E-state index contributed by atoms with van der Waals surface area (Å²) in [5.41, 5.74) is 12.4. The molecule has 0 bridgehead atoms. The van der Waals surface area contributed by atoms with Crippen LogP contribution in [0.25, 0.3) is 5.53 Å². The van der Waals surface area contributed by atoms with E-state index in [1.807, 2.05) is 58.1 Å². The minimum atomic E-state index is -0.268. The monoisotopic (exact) mass is 324 g/mol. The first-order valence-electron chi connectivity index (χ1n) is 7.85. The van der Waals surface area contributed by atoms with Crippen molar-refractivity contribution in [2.24, 2.45) is 5.41 Å². The first-order valence-corrected chi connectivity index (χ1v) is 7.85. The molecule has 1 aliphatic rings. The van der Waals surface area contributed by atoms with Crippen molar-refractivity contribution in [2.75, 3.05) is 0 Å². The number of carbonyl (C=O) groups excluding carboxylic acids is 2. The largest absolute Gasteiger partial charge is 0.361 e. The highest BCUT2D eigenvalue weighted by Crippen LogP contribution is 2.38. The van der Waals surface area contributed by atoms with Gasteiger partial charge >= 0.3 is 5.71 Å². The summed E-state index contributed by atoms with van der Waals surface area (Å²) in [5, 5.41) is 0. The summed E-state index contributed by atoms with van der Waals surface area (Å²) in [4.78, 5) is 25.7. The summed E-state index contributed by atoms with van der Waals surface area (Å²) >= 11 is 0. The van der Waals surface area contributed by atoms with Crippen LogP contribution in [0.1, 0.15) is 41.0 Å². The smallest absolute Gasteiger partial charge is 0.339 e. The average Bonchev–Trinajstić information content (AvgIpc) is 2.50. The molecule has 0 aromatic carbocycles. The predicted molar refractivity (Wildman–Crippen MR) is 96.6 cm³/mol. The summed E-state index contributed by atoms with van der Waals surface area (Å²) in [6.45, 7) is 9.64. The Balaban J connectivity index is 3.05. The van der Waals surface area contributed by atoms with E-state index in [0.29, 0.717) is 12.0 Å². The van der Waals surface area contributed by atoms with Crippen LogP contribution in [0, 0.1) is 5.41 Å². The number of allylic oxidation sites excluding steroid dienone is 10. The number of hydrogen-bond donors (Lipinski definition) is 0. The van der Waals surface area contributed by atoms with Gasteiger partial charge in [0, 0.05) is 11.0 Å². The molecule has 0 aromatic heterocycles. The van der Waals surface area contributed by atoms with Gasteiger partial charge < -0.3 is 5.53 Å². The van der Waals surface area contributed by atoms with Crippen LogP contribution in [0.3, 0.4) is 0 Å². The number of ketones is 1. The molecule has 4 heteroatoms. The molecular formula is C20H24N2O2. The van der Waals surface area contributed by atoms with E-state index in [0.717, 1.165) is 23.0 Å². The Morgan fingerprint density at radius 2 is 1.79 bits per heavy atom. The Bertz CT molecular complexity index is 738. The van der Waals surface area contributed by atoms with Gasteiger partial charge in [0.2, 0.25) is 0 Å². The Morgan fingerprint density at radius 1 is 1.17 bits per heavy atom. The fourth-order valence-electron chi connectivity index (χ4n) is 2.66. The third-order valence-corrected chi connectivity index (χ3v) is 4.03. The molecule has 0 fully saturated rings. The molecule has 4 nitrogen and oxygen atoms in total. The van der Waals surface area contributed by atoms with Crippen molar-refractivity contribution in [1.82, 2.24) is 0 Å². The van der Waals surface area contributed by atoms with Gasteiger partial charge in [-0.05, 0) is 38.0 Å². The quantitative estimate of drug-likeness (QED) is 0.250. The lowest BCUT2D eigenvalue weighted by Gasteiger charge is -2.29. The number of Topliss-reactive ketones (excluding diaryl/α,β-unsaturated/α-hetero) is 1. The number of hydrogen-bond acceptors (Lipinski definition) is 2. The van der Waals surface area contributed by atoms with E-state index in [1.54, 1.807) is 6.92 Å². The van der Waals surface area contributed by atoms with Gasteiger partial charge in [0.1, 0.15) is 6.29 Å². The first-order chi connectivity index (χ1) is 11.2. The van der Waals surface area contributed by atoms with Crippen molar-refractivity contribution in [1.29, 1.82) is 0 Å². The topological polar surface area (TPSA) is 70.5 Å². The van der Waals surface area contributed by atoms with Gasteiger partial charge in [0.05, 0.1) is 6.42 Å². The van der Waals surface area contributed by atoms with Gasteiger partial charge in [-0.3, -0.25) is 9.59 Å². The van der Waals surface area contributed by atoms with Crippen LogP contribution >= 0.6 is 0 Å². The lowest BCUT2D eigenvalue weighted by Crippen LogP contribution is -2.33. The van der Waals surface area contributed by atoms with Crippen LogP contribution in [0.2, 0.25) is 0 Å². The van der Waals surface area contributed by atoms with Gasteiger partial charge in [-0.1, -0.05) is 49.8 Å². The molecule has 0 N–H and O–H groups in total. The van der Waals surface area contributed by atoms with E-state index < -0.39 is 0 Å². The second-order valence-electron chi connectivity index (χ2n) is 6.63. The molecule has 0 saturated carbocycles. The molecule has 0 atom stereocenters. The average molecular weight is 324 g/mol. The molecule has 0 aliphatic heterocycles. The number of nitrogens with zero attached hydrogens (tertiary/aromatic N) is 2. The maximum absolute atomic E-state index is 12.2. The van der Waals surface area contributed by atoms with Crippen molar-refractivity contribution in [3.8, 4) is 0 Å². The number of rotatable bonds is 5. The van der Waals surface area contributed by atoms with Crippen LogP contribution < -0.4 is 0 Å². The third kappa shape index (κ3) is 4.97. The standard InChI is InChI=1S/C20H24N2O2/c1-14(7-6-8-15(2)11-12-23)9-10-17-16(3)19(24)18(22-21)13-20(17,4)5/h6-12H,13H2,1-5H3/b8-6+,10-9+,14-7+,15-11+. The third-order valence-electron chi connectivity index (χ3n) is 4.03. The molecule has 0 spiro atoms. The van der Waals surface area contributed by atoms with E-state index in [9.17, 15) is 9.59 Å². The Hall–Kier alpha value is -2.58. The predicted octanol–water partition coefficient (Wildman–Crippen LogP) is 4.18. The molecule has 0 heterocycles. The van der Waals surface area contributed by atoms with E-state index in [4.69, 9.17) is 5.53 Å². The summed E-state index contributed by atoms with van der Waals surface area (Å²) in [5.74, 6) is -0.201. The minimum Gasteiger partial charge on any atom is -0.361 e. The summed E-state index contributed by atoms with van der Waals surface area (Å²) in [6, 6.07) is 0. The normalized spacial score (nSPS) is 19.4. The molecule has 1 rings (SSSR count). The SMILES string of the molecule is CC1=C(/C=C/C(C)=C/C=C/C(C)=C/C=O)C(C)(C)CC(=[N+]=[N-])C1=O.